The van der Waals surface area contributed by atoms with Crippen LogP contribution >= 0.6 is 11.8 Å². The Hall–Kier alpha value is -3.44. The number of pyridine rings is 2. The summed E-state index contributed by atoms with van der Waals surface area (Å²) < 4.78 is 21.6. The summed E-state index contributed by atoms with van der Waals surface area (Å²) in [5.41, 5.74) is 2.90. The van der Waals surface area contributed by atoms with Gasteiger partial charge in [0.2, 0.25) is 5.91 Å². The number of carbonyl (C=O) groups is 2. The highest BCUT2D eigenvalue weighted by molar-refractivity contribution is 8.00. The molecule has 3 aliphatic rings. The maximum Gasteiger partial charge on any atom is 0.414 e. The number of anilines is 2. The van der Waals surface area contributed by atoms with Crippen molar-refractivity contribution in [3.8, 4) is 0 Å². The molecule has 2 atom stereocenters. The predicted octanol–water partition coefficient (Wildman–Crippen LogP) is 2.37. The molecular weight excluding hydrogens is 473 g/mol. The fourth-order valence-corrected chi connectivity index (χ4v) is 5.74. The average Bonchev–Trinajstić information content (AvgIpc) is 3.22. The Labute approximate surface area is 203 Å². The molecule has 1 unspecified atom stereocenters. The van der Waals surface area contributed by atoms with Gasteiger partial charge in [-0.1, -0.05) is 0 Å². The Kier molecular flexibility index (Phi) is 5.45. The van der Waals surface area contributed by atoms with Gasteiger partial charge in [0.15, 0.2) is 0 Å². The van der Waals surface area contributed by atoms with Gasteiger partial charge in [-0.3, -0.25) is 19.5 Å². The normalized spacial score (nSPS) is 21.1. The Morgan fingerprint density at radius 2 is 2.06 bits per heavy atom. The number of thioether (sulfide) groups is 1. The number of rotatable bonds is 5. The summed E-state index contributed by atoms with van der Waals surface area (Å²) in [7, 11) is 0. The highest BCUT2D eigenvalue weighted by Crippen LogP contribution is 2.35. The lowest BCUT2D eigenvalue weighted by atomic mass is 9.94. The van der Waals surface area contributed by atoms with Crippen LogP contribution in [-0.2, 0) is 22.5 Å². The number of hydrogen-bond acceptors (Lipinski definition) is 7. The molecule has 1 fully saturated rings. The van der Waals surface area contributed by atoms with E-state index in [1.54, 1.807) is 21.6 Å². The number of ether oxygens (including phenoxy) is 1. The molecule has 3 aromatic rings. The number of benzene rings is 1. The molecule has 0 bridgehead atoms. The molecule has 2 amide bonds. The van der Waals surface area contributed by atoms with Crippen molar-refractivity contribution in [2.75, 3.05) is 35.6 Å². The van der Waals surface area contributed by atoms with Crippen LogP contribution in [0.2, 0.25) is 0 Å². The molecular formula is C24H22FN5O4S. The highest BCUT2D eigenvalue weighted by atomic mass is 32.2. The molecule has 0 radical (unpaired) electrons. The smallest absolute Gasteiger partial charge is 0.414 e. The summed E-state index contributed by atoms with van der Waals surface area (Å²) in [5, 5.41) is 6.17. The standard InChI is InChI=1S/C24H22FN5O4S/c25-17-9-27-18-2-4-22(32)30-10-13(5-16(17)23(18)30)7-26-8-15-11-29(24(33)34-15)14-1-3-20-19(6-14)28-21(31)12-35-20/h1-4,6,9,13,15,26H,5,7-8,10-12H2,(H,28,31)/t13?,15-/m1/s1. The molecule has 2 N–H and O–H groups in total. The molecule has 0 spiro atoms. The van der Waals surface area contributed by atoms with Gasteiger partial charge in [0, 0.05) is 41.8 Å². The lowest BCUT2D eigenvalue weighted by Crippen LogP contribution is -2.38. The third-order valence-electron chi connectivity index (χ3n) is 6.57. The Bertz CT molecular complexity index is 1430. The molecule has 11 heteroatoms. The second kappa shape index (κ2) is 8.65. The van der Waals surface area contributed by atoms with Crippen molar-refractivity contribution in [1.29, 1.82) is 0 Å². The summed E-state index contributed by atoms with van der Waals surface area (Å²) in [4.78, 5) is 43.2. The Morgan fingerprint density at radius 1 is 1.17 bits per heavy atom. The van der Waals surface area contributed by atoms with Gasteiger partial charge in [-0.2, -0.15) is 0 Å². The van der Waals surface area contributed by atoms with Gasteiger partial charge in [-0.05, 0) is 36.6 Å². The van der Waals surface area contributed by atoms with E-state index in [1.165, 1.54) is 24.0 Å². The van der Waals surface area contributed by atoms with Gasteiger partial charge in [0.25, 0.3) is 5.56 Å². The fraction of sp³-hybridized carbons (Fsp3) is 0.333. The van der Waals surface area contributed by atoms with E-state index >= 15 is 0 Å². The third kappa shape index (κ3) is 4.04. The number of aromatic nitrogens is 2. The van der Waals surface area contributed by atoms with E-state index in [2.05, 4.69) is 15.6 Å². The van der Waals surface area contributed by atoms with Crippen molar-refractivity contribution < 1.29 is 18.7 Å². The lowest BCUT2D eigenvalue weighted by Gasteiger charge is -2.27. The van der Waals surface area contributed by atoms with Crippen molar-refractivity contribution in [1.82, 2.24) is 14.9 Å². The SMILES string of the molecule is O=C1CSc2ccc(N3C[C@@H](CNCC4Cc5c(F)cnc6ccc(=O)n(c56)C4)OC3=O)cc2N1. The second-order valence-corrected chi connectivity index (χ2v) is 9.98. The zero-order chi connectivity index (χ0) is 24.1. The summed E-state index contributed by atoms with van der Waals surface area (Å²) in [6.07, 6.45) is 0.910. The summed E-state index contributed by atoms with van der Waals surface area (Å²) in [5.74, 6) is -0.0731. The number of nitrogens with zero attached hydrogens (tertiary/aromatic N) is 3. The molecule has 6 rings (SSSR count). The van der Waals surface area contributed by atoms with Gasteiger partial charge in [-0.15, -0.1) is 11.8 Å². The van der Waals surface area contributed by atoms with Crippen LogP contribution in [-0.4, -0.2) is 53.0 Å². The first-order valence-corrected chi connectivity index (χ1v) is 12.4. The molecule has 2 aromatic heterocycles. The minimum Gasteiger partial charge on any atom is -0.443 e. The van der Waals surface area contributed by atoms with E-state index in [1.807, 2.05) is 12.1 Å². The monoisotopic (exact) mass is 495 g/mol. The van der Waals surface area contributed by atoms with Crippen LogP contribution in [0.5, 0.6) is 0 Å². The summed E-state index contributed by atoms with van der Waals surface area (Å²) in [6.45, 7) is 1.82. The molecule has 1 aromatic carbocycles. The van der Waals surface area contributed by atoms with Crippen LogP contribution in [0, 0.1) is 11.7 Å². The number of amides is 2. The molecule has 9 nitrogen and oxygen atoms in total. The summed E-state index contributed by atoms with van der Waals surface area (Å²) in [6, 6.07) is 8.63. The van der Waals surface area contributed by atoms with E-state index in [4.69, 9.17) is 4.74 Å². The average molecular weight is 496 g/mol. The molecule has 180 valence electrons. The van der Waals surface area contributed by atoms with Crippen molar-refractivity contribution in [3.05, 3.63) is 58.3 Å². The molecule has 35 heavy (non-hydrogen) atoms. The largest absolute Gasteiger partial charge is 0.443 e. The number of carbonyl (C=O) groups excluding carboxylic acids is 2. The maximum absolute atomic E-state index is 14.5. The van der Waals surface area contributed by atoms with Crippen molar-refractivity contribution in [2.45, 2.75) is 24.0 Å². The van der Waals surface area contributed by atoms with Gasteiger partial charge < -0.3 is 19.9 Å². The number of halogens is 1. The fourth-order valence-electron chi connectivity index (χ4n) is 4.96. The van der Waals surface area contributed by atoms with E-state index < -0.39 is 11.9 Å². The zero-order valence-corrected chi connectivity index (χ0v) is 19.4. The summed E-state index contributed by atoms with van der Waals surface area (Å²) >= 11 is 1.47. The van der Waals surface area contributed by atoms with Crippen LogP contribution in [0.4, 0.5) is 20.6 Å². The highest BCUT2D eigenvalue weighted by Gasteiger charge is 2.33. The van der Waals surface area contributed by atoms with Crippen molar-refractivity contribution in [2.24, 2.45) is 5.92 Å². The minimum atomic E-state index is -0.439. The van der Waals surface area contributed by atoms with E-state index in [0.717, 1.165) is 4.90 Å². The van der Waals surface area contributed by atoms with Crippen LogP contribution in [0.25, 0.3) is 11.0 Å². The number of cyclic esters (lactones) is 1. The Balaban J connectivity index is 1.09. The van der Waals surface area contributed by atoms with Gasteiger partial charge in [0.1, 0.15) is 11.9 Å². The van der Waals surface area contributed by atoms with Gasteiger partial charge in [0.05, 0.1) is 35.2 Å². The number of fused-ring (bicyclic) bond motifs is 1. The molecule has 0 aliphatic carbocycles. The minimum absolute atomic E-state index is 0.0117. The van der Waals surface area contributed by atoms with Crippen molar-refractivity contribution >= 4 is 46.2 Å². The first-order valence-electron chi connectivity index (χ1n) is 11.4. The van der Waals surface area contributed by atoms with E-state index in [-0.39, 0.29) is 23.5 Å². The van der Waals surface area contributed by atoms with Crippen LogP contribution in [0.3, 0.4) is 0 Å². The van der Waals surface area contributed by atoms with Crippen LogP contribution in [0.15, 0.2) is 46.2 Å². The number of hydrogen-bond donors (Lipinski definition) is 2. The van der Waals surface area contributed by atoms with Crippen LogP contribution < -0.4 is 21.1 Å². The number of nitrogens with one attached hydrogen (secondary N) is 2. The maximum atomic E-state index is 14.5. The first kappa shape index (κ1) is 22.1. The quantitative estimate of drug-likeness (QED) is 0.560. The zero-order valence-electron chi connectivity index (χ0n) is 18.6. The molecule has 5 heterocycles. The molecule has 1 saturated heterocycles. The molecule has 0 saturated carbocycles. The Morgan fingerprint density at radius 3 is 2.94 bits per heavy atom. The lowest BCUT2D eigenvalue weighted by molar-refractivity contribution is -0.113. The van der Waals surface area contributed by atoms with Crippen LogP contribution in [0.1, 0.15) is 5.56 Å². The van der Waals surface area contributed by atoms with Gasteiger partial charge >= 0.3 is 6.09 Å². The topological polar surface area (TPSA) is 106 Å². The van der Waals surface area contributed by atoms with E-state index in [9.17, 15) is 18.8 Å². The molecule has 3 aliphatic heterocycles. The van der Waals surface area contributed by atoms with Crippen molar-refractivity contribution in [3.63, 3.8) is 0 Å². The van der Waals surface area contributed by atoms with Gasteiger partial charge in [-0.25, -0.2) is 9.18 Å². The van der Waals surface area contributed by atoms with E-state index in [0.29, 0.717) is 66.3 Å². The first-order chi connectivity index (χ1) is 17.0. The third-order valence-corrected chi connectivity index (χ3v) is 7.65. The predicted molar refractivity (Wildman–Crippen MR) is 129 cm³/mol. The second-order valence-electron chi connectivity index (χ2n) is 8.96.